The van der Waals surface area contributed by atoms with Gasteiger partial charge in [-0.15, -0.1) is 0 Å². The number of nitrogens with one attached hydrogen (secondary N) is 2. The van der Waals surface area contributed by atoms with Gasteiger partial charge in [-0.2, -0.15) is 0 Å². The molecule has 0 saturated carbocycles. The van der Waals surface area contributed by atoms with Crippen LogP contribution in [0.25, 0.3) is 22.0 Å². The van der Waals surface area contributed by atoms with Gasteiger partial charge in [0.2, 0.25) is 0 Å². The first-order chi connectivity index (χ1) is 15.1. The summed E-state index contributed by atoms with van der Waals surface area (Å²) in [4.78, 5) is 27.7. The Morgan fingerprint density at radius 1 is 1.25 bits per heavy atom. The van der Waals surface area contributed by atoms with E-state index < -0.39 is 11.5 Å². The minimum absolute atomic E-state index is 0.129. The number of fused-ring (bicyclic) bond motifs is 3. The smallest absolute Gasteiger partial charge is 0.250 e. The maximum Gasteiger partial charge on any atom is 0.250 e. The quantitative estimate of drug-likeness (QED) is 0.452. The number of hydrogen-bond acceptors (Lipinski definition) is 3. The van der Waals surface area contributed by atoms with Gasteiger partial charge in [0, 0.05) is 22.3 Å². The lowest BCUT2D eigenvalue weighted by Gasteiger charge is -2.32. The number of aromatic amines is 1. The first-order valence-electron chi connectivity index (χ1n) is 10.8. The van der Waals surface area contributed by atoms with Gasteiger partial charge in [0.25, 0.3) is 11.8 Å². The van der Waals surface area contributed by atoms with Crippen LogP contribution < -0.4 is 11.1 Å². The van der Waals surface area contributed by atoms with E-state index in [0.717, 1.165) is 46.1 Å². The molecule has 166 valence electrons. The summed E-state index contributed by atoms with van der Waals surface area (Å²) in [5.74, 6) is -0.584. The molecule has 6 heteroatoms. The zero-order valence-electron chi connectivity index (χ0n) is 18.7. The number of aliphatic hydroxyl groups is 1. The molecule has 0 radical (unpaired) electrons. The molecule has 0 bridgehead atoms. The van der Waals surface area contributed by atoms with Crippen molar-refractivity contribution in [2.75, 3.05) is 5.32 Å². The second-order valence-electron chi connectivity index (χ2n) is 9.27. The largest absolute Gasteiger partial charge is 0.390 e. The van der Waals surface area contributed by atoms with Crippen molar-refractivity contribution < 1.29 is 14.7 Å². The first-order valence-corrected chi connectivity index (χ1v) is 10.8. The van der Waals surface area contributed by atoms with E-state index in [0.29, 0.717) is 23.2 Å². The second kappa shape index (κ2) is 7.95. The predicted molar refractivity (Wildman–Crippen MR) is 128 cm³/mol. The molecule has 0 aliphatic heterocycles. The molecule has 0 fully saturated rings. The number of carbonyl (C=O) groups is 2. The molecule has 4 rings (SSSR count). The van der Waals surface area contributed by atoms with Crippen molar-refractivity contribution in [2.24, 2.45) is 11.7 Å². The Morgan fingerprint density at radius 3 is 2.66 bits per heavy atom. The average molecular weight is 432 g/mol. The molecule has 0 spiro atoms. The fourth-order valence-corrected chi connectivity index (χ4v) is 4.59. The number of aromatic nitrogens is 1. The summed E-state index contributed by atoms with van der Waals surface area (Å²) in [5.41, 5.74) is 11.3. The van der Waals surface area contributed by atoms with Gasteiger partial charge in [0.1, 0.15) is 0 Å². The maximum absolute atomic E-state index is 12.1. The summed E-state index contributed by atoms with van der Waals surface area (Å²) in [6, 6.07) is 11.3. The topological polar surface area (TPSA) is 108 Å². The minimum atomic E-state index is -0.778. The van der Waals surface area contributed by atoms with Crippen molar-refractivity contribution in [3.63, 3.8) is 0 Å². The average Bonchev–Trinajstić information content (AvgIpc) is 3.11. The molecule has 1 atom stereocenters. The van der Waals surface area contributed by atoms with Gasteiger partial charge in [-0.1, -0.05) is 24.8 Å². The Labute approximate surface area is 187 Å². The summed E-state index contributed by atoms with van der Waals surface area (Å²) >= 11 is 0. The van der Waals surface area contributed by atoms with E-state index in [4.69, 9.17) is 5.73 Å². The van der Waals surface area contributed by atoms with Crippen LogP contribution in [0.5, 0.6) is 0 Å². The lowest BCUT2D eigenvalue weighted by Crippen LogP contribution is -2.34. The minimum Gasteiger partial charge on any atom is -0.390 e. The van der Waals surface area contributed by atoms with Crippen LogP contribution in [0.15, 0.2) is 48.6 Å². The predicted octanol–water partition coefficient (Wildman–Crippen LogP) is 4.32. The van der Waals surface area contributed by atoms with Crippen LogP contribution in [0.1, 0.15) is 48.8 Å². The number of amides is 2. The third-order valence-electron chi connectivity index (χ3n) is 6.42. The summed E-state index contributed by atoms with van der Waals surface area (Å²) in [7, 11) is 0. The van der Waals surface area contributed by atoms with Gasteiger partial charge in [-0.25, -0.2) is 0 Å². The van der Waals surface area contributed by atoms with Gasteiger partial charge in [0.15, 0.2) is 0 Å². The van der Waals surface area contributed by atoms with E-state index in [1.807, 2.05) is 44.2 Å². The number of H-pyrrole nitrogens is 1. The lowest BCUT2D eigenvalue weighted by atomic mass is 9.77. The Balaban J connectivity index is 1.86. The number of benzene rings is 2. The van der Waals surface area contributed by atoms with Gasteiger partial charge in [-0.05, 0) is 80.8 Å². The molecule has 3 aromatic rings. The van der Waals surface area contributed by atoms with E-state index in [2.05, 4.69) is 16.9 Å². The molecular weight excluding hydrogens is 402 g/mol. The number of rotatable bonds is 5. The van der Waals surface area contributed by atoms with Crippen molar-refractivity contribution in [2.45, 2.75) is 45.6 Å². The molecule has 1 aromatic heterocycles. The summed E-state index contributed by atoms with van der Waals surface area (Å²) in [5, 5.41) is 14.4. The highest BCUT2D eigenvalue weighted by Gasteiger charge is 2.33. The number of nitrogens with two attached hydrogens (primary N) is 1. The van der Waals surface area contributed by atoms with Crippen LogP contribution in [0.4, 0.5) is 5.69 Å². The SMILES string of the molecule is C=C(C)C(=O)Nc1cccc(-c2ccc(C(N)=O)c3[nH]c4c(c23)CCC(C(C)(C)O)C4)c1. The van der Waals surface area contributed by atoms with Crippen LogP contribution in [0, 0.1) is 5.92 Å². The second-order valence-corrected chi connectivity index (χ2v) is 9.27. The van der Waals surface area contributed by atoms with Gasteiger partial charge in [-0.3, -0.25) is 9.59 Å². The van der Waals surface area contributed by atoms with Crippen LogP contribution in [-0.4, -0.2) is 27.5 Å². The number of anilines is 1. The van der Waals surface area contributed by atoms with Crippen LogP contribution in [0.3, 0.4) is 0 Å². The normalized spacial score (nSPS) is 15.9. The van der Waals surface area contributed by atoms with E-state index >= 15 is 0 Å². The number of hydrogen-bond donors (Lipinski definition) is 4. The fourth-order valence-electron chi connectivity index (χ4n) is 4.59. The Bertz CT molecular complexity index is 1250. The Hall–Kier alpha value is -3.38. The van der Waals surface area contributed by atoms with Crippen molar-refractivity contribution in [3.8, 4) is 11.1 Å². The van der Waals surface area contributed by atoms with E-state index in [-0.39, 0.29) is 11.8 Å². The zero-order valence-corrected chi connectivity index (χ0v) is 18.7. The number of aryl methyl sites for hydroxylation is 1. The molecule has 6 nitrogen and oxygen atoms in total. The van der Waals surface area contributed by atoms with Crippen molar-refractivity contribution in [1.29, 1.82) is 0 Å². The van der Waals surface area contributed by atoms with Crippen LogP contribution in [0.2, 0.25) is 0 Å². The van der Waals surface area contributed by atoms with Crippen LogP contribution >= 0.6 is 0 Å². The Kier molecular flexibility index (Phi) is 5.42. The van der Waals surface area contributed by atoms with Gasteiger partial charge >= 0.3 is 0 Å². The van der Waals surface area contributed by atoms with Crippen molar-refractivity contribution in [3.05, 3.63) is 65.4 Å². The third-order valence-corrected chi connectivity index (χ3v) is 6.42. The zero-order chi connectivity index (χ0) is 23.2. The molecule has 32 heavy (non-hydrogen) atoms. The van der Waals surface area contributed by atoms with Crippen LogP contribution in [-0.2, 0) is 17.6 Å². The molecule has 2 aromatic carbocycles. The van der Waals surface area contributed by atoms with Gasteiger partial charge < -0.3 is 21.1 Å². The van der Waals surface area contributed by atoms with E-state index in [9.17, 15) is 14.7 Å². The van der Waals surface area contributed by atoms with Gasteiger partial charge in [0.05, 0.1) is 16.7 Å². The lowest BCUT2D eigenvalue weighted by molar-refractivity contribution is -0.112. The highest BCUT2D eigenvalue weighted by atomic mass is 16.3. The van der Waals surface area contributed by atoms with Crippen molar-refractivity contribution in [1.82, 2.24) is 4.98 Å². The highest BCUT2D eigenvalue weighted by Crippen LogP contribution is 2.41. The van der Waals surface area contributed by atoms with E-state index in [1.54, 1.807) is 13.0 Å². The molecule has 1 unspecified atom stereocenters. The molecule has 1 heterocycles. The third kappa shape index (κ3) is 3.94. The summed E-state index contributed by atoms with van der Waals surface area (Å²) in [6.07, 6.45) is 2.36. The number of primary amides is 1. The molecule has 5 N–H and O–H groups in total. The molecule has 1 aliphatic rings. The first kappa shape index (κ1) is 21.8. The molecule has 0 saturated heterocycles. The maximum atomic E-state index is 12.1. The fraction of sp³-hybridized carbons (Fsp3) is 0.308. The van der Waals surface area contributed by atoms with E-state index in [1.165, 1.54) is 0 Å². The number of carbonyl (C=O) groups excluding carboxylic acids is 2. The van der Waals surface area contributed by atoms with Crippen molar-refractivity contribution >= 4 is 28.4 Å². The monoisotopic (exact) mass is 431 g/mol. The highest BCUT2D eigenvalue weighted by molar-refractivity contribution is 6.11. The standard InChI is InChI=1S/C26H29N3O3/c1-14(2)25(31)28-17-7-5-6-15(12-17)18-10-11-20(24(27)30)23-22(18)19-9-8-16(26(3,4)32)13-21(19)29-23/h5-7,10-12,16,29,32H,1,8-9,13H2,2-4H3,(H2,27,30)(H,28,31). The molecule has 2 amide bonds. The molecule has 1 aliphatic carbocycles. The Morgan fingerprint density at radius 2 is 2.00 bits per heavy atom. The summed E-state index contributed by atoms with van der Waals surface area (Å²) < 4.78 is 0. The molecular formula is C26H29N3O3. The summed E-state index contributed by atoms with van der Waals surface area (Å²) in [6.45, 7) is 9.04.